The Bertz CT molecular complexity index is 164. The van der Waals surface area contributed by atoms with Crippen LogP contribution in [0.5, 0.6) is 0 Å². The molecule has 3 heteroatoms. The molecule has 0 bridgehead atoms. The molecule has 0 radical (unpaired) electrons. The van der Waals surface area contributed by atoms with Crippen LogP contribution in [0, 0.1) is 0 Å². The molecule has 0 unspecified atom stereocenters. The van der Waals surface area contributed by atoms with E-state index in [1.54, 1.807) is 0 Å². The third-order valence-electron chi connectivity index (χ3n) is 2.87. The van der Waals surface area contributed by atoms with Gasteiger partial charge in [-0.1, -0.05) is 19.3 Å². The lowest BCUT2D eigenvalue weighted by Crippen LogP contribution is -2.38. The van der Waals surface area contributed by atoms with E-state index >= 15 is 0 Å². The van der Waals surface area contributed by atoms with Crippen molar-refractivity contribution in [3.05, 3.63) is 0 Å². The fourth-order valence-electron chi connectivity index (χ4n) is 1.97. The predicted octanol–water partition coefficient (Wildman–Crippen LogP) is 1.13. The van der Waals surface area contributed by atoms with Gasteiger partial charge < -0.3 is 10.6 Å². The molecule has 1 amide bonds. The number of carbonyl (C=O) groups is 1. The Hall–Kier alpha value is -0.570. The monoisotopic (exact) mass is 184 g/mol. The Kier molecular flexibility index (Phi) is 4.22. The topological polar surface area (TPSA) is 46.3 Å². The van der Waals surface area contributed by atoms with Crippen LogP contribution in [0.15, 0.2) is 0 Å². The molecule has 0 aliphatic heterocycles. The van der Waals surface area contributed by atoms with Crippen LogP contribution in [0.4, 0.5) is 0 Å². The van der Waals surface area contributed by atoms with Gasteiger partial charge in [0.05, 0.1) is 0 Å². The average Bonchev–Trinajstić information content (AvgIpc) is 2.18. The lowest BCUT2D eigenvalue weighted by Gasteiger charge is -2.31. The second-order valence-corrected chi connectivity index (χ2v) is 3.84. The van der Waals surface area contributed by atoms with Gasteiger partial charge in [-0.3, -0.25) is 4.79 Å². The van der Waals surface area contributed by atoms with Gasteiger partial charge in [-0.2, -0.15) is 0 Å². The summed E-state index contributed by atoms with van der Waals surface area (Å²) in [4.78, 5) is 13.4. The van der Waals surface area contributed by atoms with E-state index in [4.69, 9.17) is 5.73 Å². The number of amides is 1. The van der Waals surface area contributed by atoms with E-state index in [-0.39, 0.29) is 5.91 Å². The first-order valence-electron chi connectivity index (χ1n) is 5.21. The van der Waals surface area contributed by atoms with Crippen molar-refractivity contribution in [2.75, 3.05) is 13.6 Å². The zero-order chi connectivity index (χ0) is 9.68. The Balaban J connectivity index is 2.35. The zero-order valence-corrected chi connectivity index (χ0v) is 8.46. The number of nitrogens with zero attached hydrogens (tertiary/aromatic N) is 1. The summed E-state index contributed by atoms with van der Waals surface area (Å²) in [6.45, 7) is 0.468. The maximum atomic E-state index is 11.5. The molecule has 1 aliphatic rings. The van der Waals surface area contributed by atoms with Crippen LogP contribution < -0.4 is 5.73 Å². The van der Waals surface area contributed by atoms with Crippen molar-refractivity contribution in [3.63, 3.8) is 0 Å². The van der Waals surface area contributed by atoms with E-state index in [0.29, 0.717) is 19.0 Å². The van der Waals surface area contributed by atoms with E-state index in [1.807, 2.05) is 11.9 Å². The molecular formula is C10H20N2O. The molecule has 0 aromatic rings. The van der Waals surface area contributed by atoms with Gasteiger partial charge in [0, 0.05) is 26.1 Å². The number of hydrogen-bond acceptors (Lipinski definition) is 2. The van der Waals surface area contributed by atoms with Crippen LogP contribution in [-0.4, -0.2) is 30.4 Å². The summed E-state index contributed by atoms with van der Waals surface area (Å²) < 4.78 is 0. The maximum absolute atomic E-state index is 11.5. The van der Waals surface area contributed by atoms with Gasteiger partial charge in [-0.25, -0.2) is 0 Å². The molecule has 0 spiro atoms. The van der Waals surface area contributed by atoms with Crippen molar-refractivity contribution in [1.82, 2.24) is 4.90 Å². The van der Waals surface area contributed by atoms with Gasteiger partial charge in [-0.15, -0.1) is 0 Å². The fraction of sp³-hybridized carbons (Fsp3) is 0.900. The lowest BCUT2D eigenvalue weighted by molar-refractivity contribution is -0.132. The smallest absolute Gasteiger partial charge is 0.223 e. The molecule has 76 valence electrons. The second-order valence-electron chi connectivity index (χ2n) is 3.84. The minimum Gasteiger partial charge on any atom is -0.343 e. The van der Waals surface area contributed by atoms with Crippen LogP contribution in [0.25, 0.3) is 0 Å². The van der Waals surface area contributed by atoms with E-state index < -0.39 is 0 Å². The van der Waals surface area contributed by atoms with Crippen LogP contribution in [-0.2, 0) is 4.79 Å². The summed E-state index contributed by atoms with van der Waals surface area (Å²) in [7, 11) is 1.91. The highest BCUT2D eigenvalue weighted by Gasteiger charge is 2.20. The summed E-state index contributed by atoms with van der Waals surface area (Å²) in [5.74, 6) is 0.203. The van der Waals surface area contributed by atoms with Crippen LogP contribution in [0.2, 0.25) is 0 Å². The largest absolute Gasteiger partial charge is 0.343 e. The molecule has 0 atom stereocenters. The molecule has 1 saturated carbocycles. The third kappa shape index (κ3) is 2.99. The first kappa shape index (κ1) is 10.5. The summed E-state index contributed by atoms with van der Waals surface area (Å²) >= 11 is 0. The van der Waals surface area contributed by atoms with Crippen molar-refractivity contribution >= 4 is 5.91 Å². The molecule has 1 rings (SSSR count). The summed E-state index contributed by atoms with van der Waals surface area (Å²) in [6, 6.07) is 0.479. The normalized spacial score (nSPS) is 18.6. The lowest BCUT2D eigenvalue weighted by atomic mass is 9.94. The van der Waals surface area contributed by atoms with Gasteiger partial charge in [0.1, 0.15) is 0 Å². The van der Waals surface area contributed by atoms with Gasteiger partial charge >= 0.3 is 0 Å². The average molecular weight is 184 g/mol. The van der Waals surface area contributed by atoms with Crippen molar-refractivity contribution < 1.29 is 4.79 Å². The number of nitrogens with two attached hydrogens (primary N) is 1. The van der Waals surface area contributed by atoms with Gasteiger partial charge in [0.15, 0.2) is 0 Å². The highest BCUT2D eigenvalue weighted by molar-refractivity contribution is 5.76. The quantitative estimate of drug-likeness (QED) is 0.714. The van der Waals surface area contributed by atoms with E-state index in [9.17, 15) is 4.79 Å². The molecule has 0 saturated heterocycles. The van der Waals surface area contributed by atoms with Crippen LogP contribution in [0.3, 0.4) is 0 Å². The number of carbonyl (C=O) groups excluding carboxylic acids is 1. The number of hydrogen-bond donors (Lipinski definition) is 1. The summed E-state index contributed by atoms with van der Waals surface area (Å²) in [6.07, 6.45) is 6.71. The molecule has 0 aromatic heterocycles. The Morgan fingerprint density at radius 3 is 2.54 bits per heavy atom. The second kappa shape index (κ2) is 5.22. The molecule has 0 heterocycles. The van der Waals surface area contributed by atoms with Crippen molar-refractivity contribution in [2.45, 2.75) is 44.6 Å². The molecule has 1 aliphatic carbocycles. The summed E-state index contributed by atoms with van der Waals surface area (Å²) in [5.41, 5.74) is 5.35. The number of rotatable bonds is 3. The SMILES string of the molecule is CN(C(=O)CCN)C1CCCCC1. The Morgan fingerprint density at radius 2 is 2.00 bits per heavy atom. The minimum absolute atomic E-state index is 0.203. The van der Waals surface area contributed by atoms with Crippen LogP contribution >= 0.6 is 0 Å². The van der Waals surface area contributed by atoms with Crippen molar-refractivity contribution in [1.29, 1.82) is 0 Å². The first-order chi connectivity index (χ1) is 6.25. The Morgan fingerprint density at radius 1 is 1.38 bits per heavy atom. The molecule has 2 N–H and O–H groups in total. The predicted molar refractivity (Wildman–Crippen MR) is 53.3 cm³/mol. The minimum atomic E-state index is 0.203. The van der Waals surface area contributed by atoms with Crippen molar-refractivity contribution in [3.8, 4) is 0 Å². The van der Waals surface area contributed by atoms with E-state index in [1.165, 1.54) is 32.1 Å². The summed E-state index contributed by atoms with van der Waals surface area (Å²) in [5, 5.41) is 0. The highest BCUT2D eigenvalue weighted by atomic mass is 16.2. The van der Waals surface area contributed by atoms with Gasteiger partial charge in [-0.05, 0) is 12.8 Å². The van der Waals surface area contributed by atoms with E-state index in [2.05, 4.69) is 0 Å². The molecule has 3 nitrogen and oxygen atoms in total. The van der Waals surface area contributed by atoms with E-state index in [0.717, 1.165) is 0 Å². The third-order valence-corrected chi connectivity index (χ3v) is 2.87. The molecule has 13 heavy (non-hydrogen) atoms. The van der Waals surface area contributed by atoms with Crippen LogP contribution in [0.1, 0.15) is 38.5 Å². The first-order valence-corrected chi connectivity index (χ1v) is 5.21. The standard InChI is InChI=1S/C10H20N2O/c1-12(10(13)7-8-11)9-5-3-2-4-6-9/h9H,2-8,11H2,1H3. The fourth-order valence-corrected chi connectivity index (χ4v) is 1.97. The zero-order valence-electron chi connectivity index (χ0n) is 8.46. The molecular weight excluding hydrogens is 164 g/mol. The van der Waals surface area contributed by atoms with Gasteiger partial charge in [0.25, 0.3) is 0 Å². The Labute approximate surface area is 80.3 Å². The highest BCUT2D eigenvalue weighted by Crippen LogP contribution is 2.21. The molecule has 1 fully saturated rings. The van der Waals surface area contributed by atoms with Gasteiger partial charge in [0.2, 0.25) is 5.91 Å². The maximum Gasteiger partial charge on any atom is 0.223 e. The molecule has 0 aromatic carbocycles. The van der Waals surface area contributed by atoms with Crippen molar-refractivity contribution in [2.24, 2.45) is 5.73 Å².